The Hall–Kier alpha value is -7.23. The summed E-state index contributed by atoms with van der Waals surface area (Å²) in [4.78, 5) is 7.50. The number of imidazole rings is 1. The van der Waals surface area contributed by atoms with E-state index in [0.717, 1.165) is 45.2 Å². The van der Waals surface area contributed by atoms with E-state index >= 15 is 0 Å². The van der Waals surface area contributed by atoms with Gasteiger partial charge in [-0.3, -0.25) is 4.57 Å². The first-order chi connectivity index (χ1) is 29.4. The Labute approximate surface area is 354 Å². The quantitative estimate of drug-likeness (QED) is 0.161. The molecule has 1 aromatic heterocycles. The molecule has 0 bridgehead atoms. The molecule has 0 saturated carbocycles. The minimum absolute atomic E-state index is 0.473. The van der Waals surface area contributed by atoms with Crippen LogP contribution in [0.5, 0.6) is 0 Å². The number of para-hydroxylation sites is 3. The number of fused-ring (bicyclic) bond motifs is 4. The molecule has 0 amide bonds. The second-order valence-electron chi connectivity index (χ2n) is 15.8. The van der Waals surface area contributed by atoms with Crippen LogP contribution in [-0.2, 0) is 5.41 Å². The van der Waals surface area contributed by atoms with Crippen LogP contribution in [0.25, 0.3) is 39.2 Å². The third-order valence-corrected chi connectivity index (χ3v) is 11.9. The summed E-state index contributed by atoms with van der Waals surface area (Å²) >= 11 is 0. The topological polar surface area (TPSA) is 21.1 Å². The average Bonchev–Trinajstić information content (AvgIpc) is 3.82. The van der Waals surface area contributed by atoms with Crippen molar-refractivity contribution in [1.82, 2.24) is 9.55 Å². The standard InChI is InChI=1S/C50H41N3.C7H8/c1-5-36(4)52(41-29-23-37(24-30-41)49-51-47-17-11-12-18-48(47)53(49)40-13-7-6-8-14-40)42-31-32-44-43-15-9-10-16-45(43)50(46(44)33-42,38-25-19-34(2)20-26-38)39-27-21-35(3)22-28-39;1-7-5-3-2-4-6-7/h5-33H,1-4H3;2-6H,1H3/b36-5+;. The lowest BCUT2D eigenvalue weighted by Crippen LogP contribution is -2.29. The molecule has 0 aliphatic heterocycles. The number of hydrogen-bond donors (Lipinski definition) is 0. The maximum Gasteiger partial charge on any atom is 0.145 e. The van der Waals surface area contributed by atoms with Crippen LogP contribution in [0.2, 0.25) is 0 Å². The van der Waals surface area contributed by atoms with Gasteiger partial charge >= 0.3 is 0 Å². The van der Waals surface area contributed by atoms with Gasteiger partial charge in [-0.15, -0.1) is 0 Å². The van der Waals surface area contributed by atoms with Crippen LogP contribution in [0.4, 0.5) is 11.4 Å². The number of allylic oxidation sites excluding steroid dienone is 2. The number of nitrogens with zero attached hydrogens (tertiary/aromatic N) is 3. The van der Waals surface area contributed by atoms with Gasteiger partial charge in [0, 0.05) is 28.3 Å². The molecule has 0 spiro atoms. The molecule has 60 heavy (non-hydrogen) atoms. The molecule has 1 aliphatic carbocycles. The Kier molecular flexibility index (Phi) is 10.3. The first kappa shape index (κ1) is 38.3. The van der Waals surface area contributed by atoms with E-state index in [0.29, 0.717) is 0 Å². The molecule has 8 aromatic carbocycles. The van der Waals surface area contributed by atoms with Gasteiger partial charge in [-0.1, -0.05) is 162 Å². The fourth-order valence-electron chi connectivity index (χ4n) is 8.84. The van der Waals surface area contributed by atoms with E-state index < -0.39 is 5.41 Å². The first-order valence-corrected chi connectivity index (χ1v) is 20.8. The summed E-state index contributed by atoms with van der Waals surface area (Å²) in [5, 5.41) is 0. The average molecular weight is 776 g/mol. The molecule has 0 atom stereocenters. The number of benzene rings is 8. The molecular formula is C57H49N3. The smallest absolute Gasteiger partial charge is 0.145 e. The normalized spacial score (nSPS) is 12.7. The largest absolute Gasteiger partial charge is 0.315 e. The molecule has 3 nitrogen and oxygen atoms in total. The molecule has 0 N–H and O–H groups in total. The highest BCUT2D eigenvalue weighted by molar-refractivity contribution is 5.89. The Bertz CT molecular complexity index is 2890. The maximum atomic E-state index is 5.12. The first-order valence-electron chi connectivity index (χ1n) is 20.8. The summed E-state index contributed by atoms with van der Waals surface area (Å²) in [7, 11) is 0. The van der Waals surface area contributed by atoms with Crippen molar-refractivity contribution in [2.75, 3.05) is 4.90 Å². The predicted octanol–water partition coefficient (Wildman–Crippen LogP) is 14.7. The predicted molar refractivity (Wildman–Crippen MR) is 252 cm³/mol. The SMILES string of the molecule is C/C=C(\C)N(c1ccc(-c2nc3ccccc3n2-c2ccccc2)cc1)c1ccc2c(c1)C(c1ccc(C)cc1)(c1ccc(C)cc1)c1ccccc1-2.Cc1ccccc1. The zero-order valence-corrected chi connectivity index (χ0v) is 35.0. The zero-order valence-electron chi connectivity index (χ0n) is 35.0. The van der Waals surface area contributed by atoms with E-state index in [-0.39, 0.29) is 0 Å². The molecule has 1 aliphatic rings. The zero-order chi connectivity index (χ0) is 41.2. The van der Waals surface area contributed by atoms with Crippen LogP contribution in [-0.4, -0.2) is 9.55 Å². The van der Waals surface area contributed by atoms with Crippen LogP contribution in [0, 0.1) is 20.8 Å². The lowest BCUT2D eigenvalue weighted by atomic mass is 9.67. The van der Waals surface area contributed by atoms with E-state index in [9.17, 15) is 0 Å². The summed E-state index contributed by atoms with van der Waals surface area (Å²) < 4.78 is 2.26. The molecule has 10 rings (SSSR count). The third kappa shape index (κ3) is 6.82. The van der Waals surface area contributed by atoms with Crippen molar-refractivity contribution in [3.8, 4) is 28.2 Å². The van der Waals surface area contributed by atoms with E-state index in [1.165, 1.54) is 50.1 Å². The summed E-state index contributed by atoms with van der Waals surface area (Å²) in [6, 6.07) is 72.3. The lowest BCUT2D eigenvalue weighted by molar-refractivity contribution is 0.767. The van der Waals surface area contributed by atoms with E-state index in [4.69, 9.17) is 4.98 Å². The van der Waals surface area contributed by atoms with Crippen molar-refractivity contribution in [2.24, 2.45) is 0 Å². The van der Waals surface area contributed by atoms with Crippen molar-refractivity contribution in [3.63, 3.8) is 0 Å². The van der Waals surface area contributed by atoms with Gasteiger partial charge in [0.2, 0.25) is 0 Å². The number of rotatable bonds is 7. The second kappa shape index (κ2) is 16.2. The molecule has 0 fully saturated rings. The Morgan fingerprint density at radius 1 is 0.517 bits per heavy atom. The van der Waals surface area contributed by atoms with Crippen molar-refractivity contribution < 1.29 is 0 Å². The van der Waals surface area contributed by atoms with Gasteiger partial charge in [0.05, 0.1) is 16.4 Å². The minimum atomic E-state index is -0.473. The van der Waals surface area contributed by atoms with E-state index in [1.54, 1.807) is 0 Å². The minimum Gasteiger partial charge on any atom is -0.315 e. The Morgan fingerprint density at radius 3 is 1.67 bits per heavy atom. The van der Waals surface area contributed by atoms with Crippen molar-refractivity contribution >= 4 is 22.4 Å². The molecular weight excluding hydrogens is 727 g/mol. The molecule has 0 unspecified atom stereocenters. The van der Waals surface area contributed by atoms with Gasteiger partial charge in [0.25, 0.3) is 0 Å². The fraction of sp³-hybridized carbons (Fsp3) is 0.105. The summed E-state index contributed by atoms with van der Waals surface area (Å²) in [5.74, 6) is 0.925. The van der Waals surface area contributed by atoms with E-state index in [1.807, 2.05) is 18.2 Å². The summed E-state index contributed by atoms with van der Waals surface area (Å²) in [6.07, 6.45) is 2.19. The Morgan fingerprint density at radius 2 is 1.05 bits per heavy atom. The van der Waals surface area contributed by atoms with Gasteiger partial charge < -0.3 is 4.90 Å². The second-order valence-corrected chi connectivity index (χ2v) is 15.8. The van der Waals surface area contributed by atoms with Crippen LogP contribution in [0.3, 0.4) is 0 Å². The Balaban J connectivity index is 0.000000602. The van der Waals surface area contributed by atoms with Crippen LogP contribution < -0.4 is 4.90 Å². The van der Waals surface area contributed by atoms with Crippen LogP contribution in [0.1, 0.15) is 52.8 Å². The summed E-state index contributed by atoms with van der Waals surface area (Å²) in [5.41, 5.74) is 18.7. The van der Waals surface area contributed by atoms with Crippen LogP contribution in [0.15, 0.2) is 212 Å². The molecule has 0 saturated heterocycles. The van der Waals surface area contributed by atoms with Gasteiger partial charge in [0.1, 0.15) is 5.82 Å². The molecule has 9 aromatic rings. The van der Waals surface area contributed by atoms with Crippen molar-refractivity contribution in [1.29, 1.82) is 0 Å². The highest BCUT2D eigenvalue weighted by Gasteiger charge is 2.46. The fourth-order valence-corrected chi connectivity index (χ4v) is 8.84. The van der Waals surface area contributed by atoms with Gasteiger partial charge in [-0.05, 0) is 129 Å². The lowest BCUT2D eigenvalue weighted by Gasteiger charge is -2.35. The monoisotopic (exact) mass is 775 g/mol. The van der Waals surface area contributed by atoms with Gasteiger partial charge in [-0.2, -0.15) is 0 Å². The molecule has 292 valence electrons. The van der Waals surface area contributed by atoms with Crippen molar-refractivity contribution in [3.05, 3.63) is 251 Å². The molecule has 0 radical (unpaired) electrons. The highest BCUT2D eigenvalue weighted by atomic mass is 15.1. The van der Waals surface area contributed by atoms with E-state index in [2.05, 4.69) is 232 Å². The molecule has 1 heterocycles. The number of aryl methyl sites for hydroxylation is 3. The number of hydrogen-bond acceptors (Lipinski definition) is 2. The van der Waals surface area contributed by atoms with Crippen LogP contribution >= 0.6 is 0 Å². The molecule has 3 heteroatoms. The van der Waals surface area contributed by atoms with Gasteiger partial charge in [-0.25, -0.2) is 4.98 Å². The number of anilines is 2. The highest BCUT2D eigenvalue weighted by Crippen LogP contribution is 2.57. The maximum absolute atomic E-state index is 5.12. The van der Waals surface area contributed by atoms with Crippen molar-refractivity contribution in [2.45, 2.75) is 40.0 Å². The van der Waals surface area contributed by atoms with Gasteiger partial charge in [0.15, 0.2) is 0 Å². The third-order valence-electron chi connectivity index (χ3n) is 11.9. The summed E-state index contributed by atoms with van der Waals surface area (Å²) in [6.45, 7) is 10.7. The number of aromatic nitrogens is 2.